The van der Waals surface area contributed by atoms with Gasteiger partial charge in [-0.15, -0.1) is 0 Å². The summed E-state index contributed by atoms with van der Waals surface area (Å²) in [4.78, 5) is 16.3. The SMILES string of the molecule is COc1cc(Nc2cc(N3C[C@H](C)C[C@@H](C)C3)c3noc4c3c2C(=O)c2ccccc2-4)cc(OC)c1OC. The van der Waals surface area contributed by atoms with Gasteiger partial charge in [0.05, 0.1) is 43.7 Å². The molecule has 4 aromatic rings. The van der Waals surface area contributed by atoms with Crippen LogP contribution in [0.25, 0.3) is 22.2 Å². The van der Waals surface area contributed by atoms with Gasteiger partial charge in [-0.05, 0) is 24.3 Å². The van der Waals surface area contributed by atoms with Gasteiger partial charge < -0.3 is 29.0 Å². The molecule has 196 valence electrons. The smallest absolute Gasteiger partial charge is 0.203 e. The predicted molar refractivity (Wildman–Crippen MR) is 147 cm³/mol. The van der Waals surface area contributed by atoms with Crippen molar-refractivity contribution in [1.29, 1.82) is 0 Å². The lowest BCUT2D eigenvalue weighted by molar-refractivity contribution is 0.104. The molecule has 8 nitrogen and oxygen atoms in total. The second-order valence-corrected chi connectivity index (χ2v) is 10.3. The van der Waals surface area contributed by atoms with Gasteiger partial charge in [-0.1, -0.05) is 43.3 Å². The van der Waals surface area contributed by atoms with Crippen LogP contribution in [0.15, 0.2) is 47.0 Å². The van der Waals surface area contributed by atoms with Gasteiger partial charge in [-0.3, -0.25) is 4.79 Å². The standard InChI is InChI=1S/C30H31N3O5/c1-16-10-17(2)15-33(14-16)22-13-21(31-18-11-23(35-3)30(37-5)24(12-18)36-4)25-26-27(22)32-38-29(26)20-9-7-6-8-19(20)28(25)34/h6-9,11-13,16-17,31H,10,14-15H2,1-5H3/t16-,17-/m1/s1. The number of aromatic nitrogens is 1. The van der Waals surface area contributed by atoms with Crippen molar-refractivity contribution < 1.29 is 23.5 Å². The van der Waals surface area contributed by atoms with Gasteiger partial charge in [0.25, 0.3) is 0 Å². The minimum Gasteiger partial charge on any atom is -0.493 e. The molecule has 0 bridgehead atoms. The Hall–Kier alpha value is -4.20. The van der Waals surface area contributed by atoms with Crippen molar-refractivity contribution in [2.24, 2.45) is 11.8 Å². The third kappa shape index (κ3) is 3.74. The number of nitrogens with one attached hydrogen (secondary N) is 1. The molecule has 0 radical (unpaired) electrons. The van der Waals surface area contributed by atoms with Crippen LogP contribution in [0.1, 0.15) is 36.2 Å². The minimum absolute atomic E-state index is 0.0665. The number of piperidine rings is 1. The zero-order chi connectivity index (χ0) is 26.6. The van der Waals surface area contributed by atoms with Gasteiger partial charge in [0, 0.05) is 42.0 Å². The maximum atomic E-state index is 13.9. The molecule has 0 saturated carbocycles. The number of nitrogens with zero attached hydrogens (tertiary/aromatic N) is 2. The fraction of sp³-hybridized carbons (Fsp3) is 0.333. The largest absolute Gasteiger partial charge is 0.493 e. The number of anilines is 3. The summed E-state index contributed by atoms with van der Waals surface area (Å²) < 4.78 is 22.6. The fourth-order valence-electron chi connectivity index (χ4n) is 6.05. The third-order valence-electron chi connectivity index (χ3n) is 7.53. The molecule has 2 heterocycles. The zero-order valence-electron chi connectivity index (χ0n) is 22.3. The van der Waals surface area contributed by atoms with E-state index >= 15 is 0 Å². The summed E-state index contributed by atoms with van der Waals surface area (Å²) in [5.41, 5.74) is 4.96. The molecule has 6 rings (SSSR count). The molecular formula is C30H31N3O5. The molecule has 1 aliphatic carbocycles. The summed E-state index contributed by atoms with van der Waals surface area (Å²) in [5.74, 6) is 3.18. The van der Waals surface area contributed by atoms with Crippen LogP contribution in [0.4, 0.5) is 17.1 Å². The molecule has 0 spiro atoms. The molecule has 0 unspecified atom stereocenters. The lowest BCUT2D eigenvalue weighted by atomic mass is 9.85. The summed E-state index contributed by atoms with van der Waals surface area (Å²) in [6.45, 7) is 6.38. The van der Waals surface area contributed by atoms with Crippen LogP contribution in [0.3, 0.4) is 0 Å². The number of methoxy groups -OCH3 is 3. The van der Waals surface area contributed by atoms with Crippen LogP contribution >= 0.6 is 0 Å². The second kappa shape index (κ2) is 9.28. The second-order valence-electron chi connectivity index (χ2n) is 10.3. The highest BCUT2D eigenvalue weighted by atomic mass is 16.5. The molecule has 1 fully saturated rings. The molecule has 2 aliphatic rings. The van der Waals surface area contributed by atoms with Gasteiger partial charge in [0.2, 0.25) is 5.75 Å². The Morgan fingerprint density at radius 3 is 2.24 bits per heavy atom. The number of hydrogen-bond acceptors (Lipinski definition) is 8. The quantitative estimate of drug-likeness (QED) is 0.283. The van der Waals surface area contributed by atoms with E-state index in [1.807, 2.05) is 42.5 Å². The van der Waals surface area contributed by atoms with E-state index in [9.17, 15) is 4.79 Å². The van der Waals surface area contributed by atoms with E-state index in [-0.39, 0.29) is 5.78 Å². The number of benzene rings is 3. The Kier molecular flexibility index (Phi) is 5.90. The normalized spacial score (nSPS) is 18.3. The Morgan fingerprint density at radius 2 is 1.61 bits per heavy atom. The molecule has 3 aromatic carbocycles. The lowest BCUT2D eigenvalue weighted by Gasteiger charge is -2.37. The summed E-state index contributed by atoms with van der Waals surface area (Å²) in [7, 11) is 4.73. The maximum absolute atomic E-state index is 13.9. The minimum atomic E-state index is -0.0665. The van der Waals surface area contributed by atoms with Crippen LogP contribution in [0, 0.1) is 11.8 Å². The predicted octanol–water partition coefficient (Wildman–Crippen LogP) is 6.29. The first-order chi connectivity index (χ1) is 18.4. The van der Waals surface area contributed by atoms with Crippen molar-refractivity contribution in [1.82, 2.24) is 5.16 Å². The number of rotatable bonds is 6. The van der Waals surface area contributed by atoms with E-state index in [0.29, 0.717) is 57.3 Å². The lowest BCUT2D eigenvalue weighted by Crippen LogP contribution is -2.39. The molecule has 1 aliphatic heterocycles. The van der Waals surface area contributed by atoms with Crippen molar-refractivity contribution in [3.05, 3.63) is 53.6 Å². The molecular weight excluding hydrogens is 482 g/mol. The van der Waals surface area contributed by atoms with E-state index in [4.69, 9.17) is 18.7 Å². The molecule has 1 N–H and O–H groups in total. The van der Waals surface area contributed by atoms with Crippen molar-refractivity contribution in [2.45, 2.75) is 20.3 Å². The van der Waals surface area contributed by atoms with E-state index < -0.39 is 0 Å². The fourth-order valence-corrected chi connectivity index (χ4v) is 6.05. The topological polar surface area (TPSA) is 86.1 Å². The first kappa shape index (κ1) is 24.2. The van der Waals surface area contributed by atoms with Gasteiger partial charge in [0.15, 0.2) is 23.0 Å². The zero-order valence-corrected chi connectivity index (χ0v) is 22.3. The third-order valence-corrected chi connectivity index (χ3v) is 7.53. The summed E-state index contributed by atoms with van der Waals surface area (Å²) in [6.07, 6.45) is 1.18. The molecule has 1 aromatic heterocycles. The number of carbonyl (C=O) groups excluding carboxylic acids is 1. The number of ether oxygens (including phenoxy) is 3. The number of ketones is 1. The Balaban J connectivity index is 1.58. The molecule has 1 saturated heterocycles. The first-order valence-electron chi connectivity index (χ1n) is 12.9. The van der Waals surface area contributed by atoms with Crippen LogP contribution < -0.4 is 24.4 Å². The first-order valence-corrected chi connectivity index (χ1v) is 12.9. The van der Waals surface area contributed by atoms with Crippen LogP contribution in [0.2, 0.25) is 0 Å². The highest BCUT2D eigenvalue weighted by molar-refractivity contribution is 6.28. The monoisotopic (exact) mass is 513 g/mol. The Labute approximate surface area is 221 Å². The van der Waals surface area contributed by atoms with Gasteiger partial charge in [0.1, 0.15) is 5.52 Å². The van der Waals surface area contributed by atoms with Crippen molar-refractivity contribution in [3.8, 4) is 28.6 Å². The van der Waals surface area contributed by atoms with Crippen molar-refractivity contribution in [3.63, 3.8) is 0 Å². The van der Waals surface area contributed by atoms with E-state index in [2.05, 4.69) is 29.2 Å². The van der Waals surface area contributed by atoms with Crippen LogP contribution in [0.5, 0.6) is 17.2 Å². The Bertz CT molecular complexity index is 1520. The van der Waals surface area contributed by atoms with Crippen molar-refractivity contribution in [2.75, 3.05) is 44.6 Å². The summed E-state index contributed by atoms with van der Waals surface area (Å²) in [5, 5.41) is 8.76. The maximum Gasteiger partial charge on any atom is 0.203 e. The van der Waals surface area contributed by atoms with Crippen molar-refractivity contribution >= 4 is 33.7 Å². The highest BCUT2D eigenvalue weighted by Gasteiger charge is 2.35. The van der Waals surface area contributed by atoms with E-state index in [1.165, 1.54) is 6.42 Å². The van der Waals surface area contributed by atoms with Gasteiger partial charge in [-0.25, -0.2) is 0 Å². The summed E-state index contributed by atoms with van der Waals surface area (Å²) in [6, 6.07) is 13.2. The van der Waals surface area contributed by atoms with Crippen LogP contribution in [-0.2, 0) is 0 Å². The number of hydrogen-bond donors (Lipinski definition) is 1. The molecule has 8 heteroatoms. The number of fused-ring (bicyclic) bond motifs is 2. The molecule has 38 heavy (non-hydrogen) atoms. The highest BCUT2D eigenvalue weighted by Crippen LogP contribution is 2.48. The number of carbonyl (C=O) groups is 1. The average Bonchev–Trinajstić information content (AvgIpc) is 3.36. The summed E-state index contributed by atoms with van der Waals surface area (Å²) >= 11 is 0. The molecule has 0 amide bonds. The van der Waals surface area contributed by atoms with E-state index in [1.54, 1.807) is 21.3 Å². The molecule has 2 atom stereocenters. The van der Waals surface area contributed by atoms with E-state index in [0.717, 1.165) is 35.2 Å². The van der Waals surface area contributed by atoms with Crippen LogP contribution in [-0.4, -0.2) is 45.4 Å². The Morgan fingerprint density at radius 1 is 0.947 bits per heavy atom. The van der Waals surface area contributed by atoms with Gasteiger partial charge in [-0.2, -0.15) is 0 Å². The van der Waals surface area contributed by atoms with Gasteiger partial charge >= 0.3 is 0 Å². The average molecular weight is 514 g/mol.